The molecule has 1 aliphatic heterocycles. The van der Waals surface area contributed by atoms with Crippen molar-refractivity contribution in [1.82, 2.24) is 0 Å². The molecule has 2 heterocycles. The van der Waals surface area contributed by atoms with Gasteiger partial charge in [0.15, 0.2) is 11.5 Å². The number of halogens is 1. The van der Waals surface area contributed by atoms with Gasteiger partial charge in [-0.05, 0) is 61.0 Å². The Bertz CT molecular complexity index is 1540. The number of carbonyl (C=O) groups is 2. The van der Waals surface area contributed by atoms with Crippen LogP contribution < -0.4 is 19.6 Å². The maximum atomic E-state index is 13.5. The van der Waals surface area contributed by atoms with Crippen molar-refractivity contribution in [3.8, 4) is 28.4 Å². The highest BCUT2D eigenvalue weighted by Gasteiger charge is 2.25. The summed E-state index contributed by atoms with van der Waals surface area (Å²) in [5.41, 5.74) is 0.0824. The second kappa shape index (κ2) is 9.53. The fraction of sp³-hybridized carbons (Fsp3) is 0.148. The summed E-state index contributed by atoms with van der Waals surface area (Å²) in [4.78, 5) is 38.7. The van der Waals surface area contributed by atoms with Crippen LogP contribution >= 0.6 is 0 Å². The van der Waals surface area contributed by atoms with Crippen LogP contribution in [0.4, 0.5) is 4.39 Å². The molecule has 36 heavy (non-hydrogen) atoms. The summed E-state index contributed by atoms with van der Waals surface area (Å²) in [7, 11) is 0. The van der Waals surface area contributed by atoms with E-state index in [9.17, 15) is 18.8 Å². The molecule has 0 spiro atoms. The highest BCUT2D eigenvalue weighted by Crippen LogP contribution is 2.36. The van der Waals surface area contributed by atoms with Crippen LogP contribution in [-0.2, 0) is 4.74 Å². The molecule has 0 saturated heterocycles. The predicted molar refractivity (Wildman–Crippen MR) is 126 cm³/mol. The predicted octanol–water partition coefficient (Wildman–Crippen LogP) is 4.77. The average Bonchev–Trinajstić information content (AvgIpc) is 2.88. The summed E-state index contributed by atoms with van der Waals surface area (Å²) in [5.74, 6) is -1.30. The molecule has 0 atom stereocenters. The normalized spacial score (nSPS) is 12.3. The van der Waals surface area contributed by atoms with Gasteiger partial charge < -0.3 is 23.4 Å². The van der Waals surface area contributed by atoms with Crippen LogP contribution in [0.1, 0.15) is 27.8 Å². The van der Waals surface area contributed by atoms with Crippen molar-refractivity contribution in [2.75, 3.05) is 19.8 Å². The molecule has 8 nitrogen and oxygen atoms in total. The Morgan fingerprint density at radius 2 is 1.67 bits per heavy atom. The Morgan fingerprint density at radius 3 is 2.42 bits per heavy atom. The molecule has 9 heteroatoms. The van der Waals surface area contributed by atoms with Crippen LogP contribution in [0.3, 0.4) is 0 Å². The van der Waals surface area contributed by atoms with Gasteiger partial charge in [0.1, 0.15) is 30.4 Å². The first kappa shape index (κ1) is 23.1. The molecular formula is C27H19FO8. The van der Waals surface area contributed by atoms with Gasteiger partial charge in [-0.2, -0.15) is 0 Å². The maximum Gasteiger partial charge on any atom is 0.375 e. The molecule has 4 aromatic rings. The number of carbonyl (C=O) groups excluding carboxylic acids is 2. The van der Waals surface area contributed by atoms with Crippen molar-refractivity contribution in [3.63, 3.8) is 0 Å². The number of hydrogen-bond acceptors (Lipinski definition) is 8. The quantitative estimate of drug-likeness (QED) is 0.291. The summed E-state index contributed by atoms with van der Waals surface area (Å²) in [6, 6.07) is 13.9. The van der Waals surface area contributed by atoms with E-state index in [4.69, 9.17) is 23.4 Å². The van der Waals surface area contributed by atoms with E-state index in [2.05, 4.69) is 0 Å². The molecule has 0 N–H and O–H groups in total. The number of ether oxygens (including phenoxy) is 4. The van der Waals surface area contributed by atoms with E-state index < -0.39 is 23.2 Å². The Hall–Kier alpha value is -4.66. The van der Waals surface area contributed by atoms with Gasteiger partial charge in [-0.25, -0.2) is 14.0 Å². The van der Waals surface area contributed by atoms with Crippen LogP contribution in [0.25, 0.3) is 22.1 Å². The molecule has 0 fully saturated rings. The van der Waals surface area contributed by atoms with E-state index in [0.29, 0.717) is 30.3 Å². The van der Waals surface area contributed by atoms with E-state index in [1.54, 1.807) is 25.1 Å². The van der Waals surface area contributed by atoms with Crippen molar-refractivity contribution >= 4 is 22.9 Å². The van der Waals surface area contributed by atoms with E-state index >= 15 is 0 Å². The first-order valence-corrected chi connectivity index (χ1v) is 11.1. The highest BCUT2D eigenvalue weighted by molar-refractivity contribution is 5.98. The zero-order valence-corrected chi connectivity index (χ0v) is 19.0. The van der Waals surface area contributed by atoms with Crippen LogP contribution in [0.15, 0.2) is 69.9 Å². The fourth-order valence-electron chi connectivity index (χ4n) is 3.79. The minimum Gasteiger partial charge on any atom is -0.486 e. The zero-order valence-electron chi connectivity index (χ0n) is 19.0. The van der Waals surface area contributed by atoms with Crippen molar-refractivity contribution < 1.29 is 37.3 Å². The molecule has 0 amide bonds. The summed E-state index contributed by atoms with van der Waals surface area (Å²) in [6.07, 6.45) is 0. The van der Waals surface area contributed by atoms with Gasteiger partial charge in [0, 0.05) is 6.07 Å². The lowest BCUT2D eigenvalue weighted by Crippen LogP contribution is -2.17. The van der Waals surface area contributed by atoms with Crippen LogP contribution in [0.5, 0.6) is 17.2 Å². The topological polar surface area (TPSA) is 101 Å². The smallest absolute Gasteiger partial charge is 0.375 e. The molecule has 0 unspecified atom stereocenters. The van der Waals surface area contributed by atoms with E-state index in [1.807, 2.05) is 0 Å². The Balaban J connectivity index is 1.59. The molecule has 0 radical (unpaired) electrons. The molecule has 0 saturated carbocycles. The fourth-order valence-corrected chi connectivity index (χ4v) is 3.79. The van der Waals surface area contributed by atoms with Gasteiger partial charge in [0.2, 0.25) is 11.2 Å². The first-order chi connectivity index (χ1) is 17.4. The third kappa shape index (κ3) is 4.38. The summed E-state index contributed by atoms with van der Waals surface area (Å²) >= 11 is 0. The lowest BCUT2D eigenvalue weighted by molar-refractivity contribution is 0.0491. The average molecular weight is 490 g/mol. The van der Waals surface area contributed by atoms with Gasteiger partial charge in [0.25, 0.3) is 0 Å². The van der Waals surface area contributed by atoms with Crippen molar-refractivity contribution in [3.05, 3.63) is 88.0 Å². The van der Waals surface area contributed by atoms with Crippen LogP contribution in [-0.4, -0.2) is 31.8 Å². The van der Waals surface area contributed by atoms with Crippen molar-refractivity contribution in [2.45, 2.75) is 6.92 Å². The third-order valence-corrected chi connectivity index (χ3v) is 5.45. The summed E-state index contributed by atoms with van der Waals surface area (Å²) in [5, 5.41) is 0.162. The largest absolute Gasteiger partial charge is 0.486 e. The van der Waals surface area contributed by atoms with Gasteiger partial charge >= 0.3 is 11.9 Å². The second-order valence-corrected chi connectivity index (χ2v) is 7.77. The lowest BCUT2D eigenvalue weighted by Gasteiger charge is -2.19. The Kier molecular flexibility index (Phi) is 6.12. The number of rotatable bonds is 5. The van der Waals surface area contributed by atoms with Crippen LogP contribution in [0.2, 0.25) is 0 Å². The van der Waals surface area contributed by atoms with Crippen molar-refractivity contribution in [2.24, 2.45) is 0 Å². The Morgan fingerprint density at radius 1 is 0.917 bits per heavy atom. The first-order valence-electron chi connectivity index (χ1n) is 11.1. The molecule has 182 valence electrons. The van der Waals surface area contributed by atoms with E-state index in [0.717, 1.165) is 12.1 Å². The number of benzene rings is 3. The molecule has 3 aromatic carbocycles. The van der Waals surface area contributed by atoms with Gasteiger partial charge in [-0.3, -0.25) is 4.79 Å². The second-order valence-electron chi connectivity index (χ2n) is 7.77. The summed E-state index contributed by atoms with van der Waals surface area (Å²) in [6.45, 7) is 2.46. The number of hydrogen-bond donors (Lipinski definition) is 0. The zero-order chi connectivity index (χ0) is 25.2. The molecule has 5 rings (SSSR count). The molecule has 1 aromatic heterocycles. The van der Waals surface area contributed by atoms with Gasteiger partial charge in [0.05, 0.1) is 23.1 Å². The molecule has 1 aliphatic rings. The molecule has 0 bridgehead atoms. The number of esters is 2. The van der Waals surface area contributed by atoms with Gasteiger partial charge in [-0.15, -0.1) is 0 Å². The third-order valence-electron chi connectivity index (χ3n) is 5.45. The highest BCUT2D eigenvalue weighted by atomic mass is 19.1. The van der Waals surface area contributed by atoms with Gasteiger partial charge in [-0.1, -0.05) is 6.07 Å². The van der Waals surface area contributed by atoms with Crippen molar-refractivity contribution in [1.29, 1.82) is 0 Å². The van der Waals surface area contributed by atoms with Crippen LogP contribution in [0, 0.1) is 5.82 Å². The number of fused-ring (bicyclic) bond motifs is 2. The monoisotopic (exact) mass is 490 g/mol. The lowest BCUT2D eigenvalue weighted by atomic mass is 10.0. The van der Waals surface area contributed by atoms with E-state index in [1.165, 1.54) is 30.3 Å². The van der Waals surface area contributed by atoms with E-state index in [-0.39, 0.29) is 40.2 Å². The molecular weight excluding hydrogens is 471 g/mol. The molecule has 0 aliphatic carbocycles. The minimum atomic E-state index is -0.824. The standard InChI is InChI=1S/C27H19FO8/c1-2-32-27(31)25-23(16-5-10-20-22(13-16)34-12-11-33-20)24(29)19-9-8-18(14-21(19)36-25)35-26(30)15-3-6-17(28)7-4-15/h3-10,13-14H,2,11-12H2,1H3. The Labute approximate surface area is 203 Å². The SMILES string of the molecule is CCOC(=O)c1oc2cc(OC(=O)c3ccc(F)cc3)ccc2c(=O)c1-c1ccc2c(c1)OCCO2. The maximum absolute atomic E-state index is 13.5. The minimum absolute atomic E-state index is 0.00832. The summed E-state index contributed by atoms with van der Waals surface area (Å²) < 4.78 is 40.6.